The smallest absolute Gasteiger partial charge is 0.361 e. The van der Waals surface area contributed by atoms with E-state index in [-0.39, 0.29) is 10.7 Å². The average Bonchev–Trinajstić information content (AvgIpc) is 3.11. The lowest BCUT2D eigenvalue weighted by atomic mass is 10.1. The SMILES string of the molecule is CNCc1c[nH]c2cc(Nc3ccc(Cl)cc3C(F)(F)F)ccc12.Sc1cccc(Cl)c1. The molecule has 0 aliphatic carbocycles. The number of aromatic amines is 1. The maximum Gasteiger partial charge on any atom is 0.418 e. The van der Waals surface area contributed by atoms with E-state index < -0.39 is 11.7 Å². The minimum atomic E-state index is -4.48. The van der Waals surface area contributed by atoms with Crippen molar-refractivity contribution in [2.75, 3.05) is 12.4 Å². The summed E-state index contributed by atoms with van der Waals surface area (Å²) < 4.78 is 39.5. The molecule has 3 aromatic carbocycles. The van der Waals surface area contributed by atoms with E-state index in [1.807, 2.05) is 37.5 Å². The van der Waals surface area contributed by atoms with Crippen LogP contribution in [0.5, 0.6) is 0 Å². The first kappa shape index (κ1) is 24.3. The summed E-state index contributed by atoms with van der Waals surface area (Å²) in [5.41, 5.74) is 1.69. The van der Waals surface area contributed by atoms with Gasteiger partial charge >= 0.3 is 6.18 Å². The van der Waals surface area contributed by atoms with Gasteiger partial charge in [0.2, 0.25) is 0 Å². The maximum absolute atomic E-state index is 13.2. The Morgan fingerprint density at radius 1 is 0.969 bits per heavy atom. The lowest BCUT2D eigenvalue weighted by Crippen LogP contribution is -2.08. The Bertz CT molecular complexity index is 1190. The van der Waals surface area contributed by atoms with Crippen LogP contribution in [0.15, 0.2) is 71.8 Å². The van der Waals surface area contributed by atoms with Gasteiger partial charge in [0.25, 0.3) is 0 Å². The number of aromatic nitrogens is 1. The van der Waals surface area contributed by atoms with Gasteiger partial charge in [0.1, 0.15) is 0 Å². The van der Waals surface area contributed by atoms with Crippen LogP contribution in [0.3, 0.4) is 0 Å². The van der Waals surface area contributed by atoms with Gasteiger partial charge in [-0.25, -0.2) is 0 Å². The molecule has 4 rings (SSSR count). The van der Waals surface area contributed by atoms with Crippen molar-refractivity contribution in [2.24, 2.45) is 0 Å². The zero-order valence-corrected chi connectivity index (χ0v) is 19.3. The zero-order chi connectivity index (χ0) is 23.3. The number of hydrogen-bond acceptors (Lipinski definition) is 3. The topological polar surface area (TPSA) is 39.9 Å². The number of fused-ring (bicyclic) bond motifs is 1. The molecule has 1 heterocycles. The van der Waals surface area contributed by atoms with Crippen molar-refractivity contribution in [3.8, 4) is 0 Å². The lowest BCUT2D eigenvalue weighted by molar-refractivity contribution is -0.136. The van der Waals surface area contributed by atoms with E-state index in [0.29, 0.717) is 12.2 Å². The first-order valence-electron chi connectivity index (χ1n) is 9.50. The number of alkyl halides is 3. The Labute approximate surface area is 199 Å². The minimum Gasteiger partial charge on any atom is -0.361 e. The van der Waals surface area contributed by atoms with Crippen LogP contribution in [-0.2, 0) is 12.7 Å². The van der Waals surface area contributed by atoms with Gasteiger partial charge < -0.3 is 15.6 Å². The van der Waals surface area contributed by atoms with Crippen molar-refractivity contribution in [3.05, 3.63) is 88.0 Å². The highest BCUT2D eigenvalue weighted by Crippen LogP contribution is 2.38. The largest absolute Gasteiger partial charge is 0.418 e. The fraction of sp³-hybridized carbons (Fsp3) is 0.130. The van der Waals surface area contributed by atoms with Crippen molar-refractivity contribution in [1.29, 1.82) is 0 Å². The Morgan fingerprint density at radius 2 is 1.72 bits per heavy atom. The van der Waals surface area contributed by atoms with Crippen molar-refractivity contribution < 1.29 is 13.2 Å². The number of benzene rings is 3. The normalized spacial score (nSPS) is 11.2. The molecule has 0 aliphatic rings. The van der Waals surface area contributed by atoms with Crippen molar-refractivity contribution in [1.82, 2.24) is 10.3 Å². The highest BCUT2D eigenvalue weighted by molar-refractivity contribution is 7.80. The number of H-pyrrole nitrogens is 1. The van der Waals surface area contributed by atoms with Crippen molar-refractivity contribution >= 4 is 58.1 Å². The Morgan fingerprint density at radius 3 is 2.34 bits per heavy atom. The van der Waals surface area contributed by atoms with Crippen molar-refractivity contribution in [3.63, 3.8) is 0 Å². The van der Waals surface area contributed by atoms with Gasteiger partial charge in [-0.2, -0.15) is 13.2 Å². The molecule has 4 aromatic rings. The third kappa shape index (κ3) is 6.36. The lowest BCUT2D eigenvalue weighted by Gasteiger charge is -2.15. The molecule has 0 saturated carbocycles. The molecule has 0 saturated heterocycles. The first-order valence-corrected chi connectivity index (χ1v) is 10.7. The summed E-state index contributed by atoms with van der Waals surface area (Å²) in [7, 11) is 1.86. The molecular formula is C23H20Cl2F3N3S. The molecule has 3 nitrogen and oxygen atoms in total. The molecule has 0 fully saturated rings. The van der Waals surface area contributed by atoms with Gasteiger partial charge in [-0.05, 0) is 61.1 Å². The Hall–Kier alpha value is -2.32. The second kappa shape index (κ2) is 10.5. The number of hydrogen-bond donors (Lipinski definition) is 4. The van der Waals surface area contributed by atoms with Gasteiger partial charge in [-0.3, -0.25) is 0 Å². The third-order valence-electron chi connectivity index (χ3n) is 4.51. The van der Waals surface area contributed by atoms with Crippen LogP contribution in [-0.4, -0.2) is 12.0 Å². The van der Waals surface area contributed by atoms with Gasteiger partial charge in [0, 0.05) is 44.3 Å². The molecule has 0 amide bonds. The number of halogens is 5. The fourth-order valence-corrected chi connectivity index (χ4v) is 3.76. The van der Waals surface area contributed by atoms with E-state index in [2.05, 4.69) is 28.2 Å². The van der Waals surface area contributed by atoms with E-state index in [1.165, 1.54) is 12.1 Å². The number of rotatable bonds is 4. The predicted octanol–water partition coefficient (Wildman–Crippen LogP) is 7.93. The van der Waals surface area contributed by atoms with E-state index >= 15 is 0 Å². The second-order valence-corrected chi connectivity index (χ2v) is 8.29. The van der Waals surface area contributed by atoms with Crippen LogP contribution < -0.4 is 10.6 Å². The molecule has 9 heteroatoms. The molecular weight excluding hydrogens is 478 g/mol. The molecule has 0 spiro atoms. The molecule has 168 valence electrons. The molecule has 0 aliphatic heterocycles. The van der Waals surface area contributed by atoms with Crippen LogP contribution >= 0.6 is 35.8 Å². The first-order chi connectivity index (χ1) is 15.2. The van der Waals surface area contributed by atoms with E-state index in [1.54, 1.807) is 18.2 Å². The van der Waals surface area contributed by atoms with Crippen LogP contribution in [0.1, 0.15) is 11.1 Å². The molecule has 1 aromatic heterocycles. The van der Waals surface area contributed by atoms with Crippen LogP contribution in [0.4, 0.5) is 24.5 Å². The molecule has 3 N–H and O–H groups in total. The fourth-order valence-electron chi connectivity index (χ4n) is 3.09. The summed E-state index contributed by atoms with van der Waals surface area (Å²) in [6.45, 7) is 0.710. The van der Waals surface area contributed by atoms with E-state index in [0.717, 1.165) is 32.5 Å². The highest BCUT2D eigenvalue weighted by atomic mass is 35.5. The Kier molecular flexibility index (Phi) is 8.00. The van der Waals surface area contributed by atoms with Gasteiger partial charge in [0.15, 0.2) is 0 Å². The highest BCUT2D eigenvalue weighted by Gasteiger charge is 2.33. The summed E-state index contributed by atoms with van der Waals surface area (Å²) in [6.07, 6.45) is -2.60. The molecule has 0 atom stereocenters. The minimum absolute atomic E-state index is 0.0340. The summed E-state index contributed by atoms with van der Waals surface area (Å²) in [5.74, 6) is 0. The van der Waals surface area contributed by atoms with Crippen LogP contribution in [0.25, 0.3) is 10.9 Å². The monoisotopic (exact) mass is 497 g/mol. The third-order valence-corrected chi connectivity index (χ3v) is 5.26. The number of thiol groups is 1. The summed E-state index contributed by atoms with van der Waals surface area (Å²) >= 11 is 15.4. The molecule has 0 unspecified atom stereocenters. The standard InChI is InChI=1S/C17H15ClF3N3.C6H5ClS/c1-22-8-10-9-23-16-7-12(3-4-13(10)16)24-15-5-2-11(18)6-14(15)17(19,20)21;7-5-2-1-3-6(8)4-5/h2-7,9,22-24H,8H2,1H3;1-4,8H. The van der Waals surface area contributed by atoms with Gasteiger partial charge in [-0.1, -0.05) is 35.3 Å². The molecule has 0 bridgehead atoms. The van der Waals surface area contributed by atoms with E-state index in [9.17, 15) is 13.2 Å². The quantitative estimate of drug-likeness (QED) is 0.216. The van der Waals surface area contributed by atoms with E-state index in [4.69, 9.17) is 23.2 Å². The van der Waals surface area contributed by atoms with Gasteiger partial charge in [0.05, 0.1) is 11.3 Å². The average molecular weight is 498 g/mol. The zero-order valence-electron chi connectivity index (χ0n) is 16.9. The summed E-state index contributed by atoms with van der Waals surface area (Å²) in [6, 6.07) is 16.5. The Balaban J connectivity index is 0.000000305. The van der Waals surface area contributed by atoms with Crippen molar-refractivity contribution in [2.45, 2.75) is 17.6 Å². The van der Waals surface area contributed by atoms with Crippen LogP contribution in [0, 0.1) is 0 Å². The number of anilines is 2. The predicted molar refractivity (Wildman–Crippen MR) is 130 cm³/mol. The summed E-state index contributed by atoms with van der Waals surface area (Å²) in [4.78, 5) is 4.03. The molecule has 0 radical (unpaired) electrons. The second-order valence-electron chi connectivity index (χ2n) is 6.90. The van der Waals surface area contributed by atoms with Gasteiger partial charge in [-0.15, -0.1) is 12.6 Å². The molecule has 32 heavy (non-hydrogen) atoms. The van der Waals surface area contributed by atoms with Crippen LogP contribution in [0.2, 0.25) is 10.0 Å². The summed E-state index contributed by atoms with van der Waals surface area (Å²) in [5, 5.41) is 7.71. The number of nitrogens with one attached hydrogen (secondary N) is 3. The maximum atomic E-state index is 13.2.